The molecule has 10 heteroatoms. The van der Waals surface area contributed by atoms with Crippen LogP contribution in [0.5, 0.6) is 5.75 Å². The molecule has 1 aromatic heterocycles. The summed E-state index contributed by atoms with van der Waals surface area (Å²) in [6.45, 7) is 2.99. The Hall–Kier alpha value is -2.82. The maximum absolute atomic E-state index is 14.2. The van der Waals surface area contributed by atoms with Crippen LogP contribution in [0.4, 0.5) is 21.6 Å². The standard InChI is InChI=1S/C25H27FN4O4S/c1-15-10-17(30-35(31)8-2-3-9-35)12-20-23(15)24(28-14-27-20)29-19-5-4-16(26)11-21(19)34-22-13-33-25-18(22)6-7-32-25/h4-5,10-12,14,18,22,25H,2-3,6-9,13H2,1H3,(H,27,28,29)/t18?,22-,25?/m1/s1. The minimum atomic E-state index is -2.18. The summed E-state index contributed by atoms with van der Waals surface area (Å²) >= 11 is 0. The van der Waals surface area contributed by atoms with Crippen LogP contribution in [0, 0.1) is 18.7 Å². The van der Waals surface area contributed by atoms with Crippen LogP contribution in [-0.4, -0.2) is 51.3 Å². The molecule has 0 bridgehead atoms. The van der Waals surface area contributed by atoms with Crippen molar-refractivity contribution in [3.05, 3.63) is 48.0 Å². The monoisotopic (exact) mass is 498 g/mol. The number of aryl methyl sites for hydroxylation is 1. The van der Waals surface area contributed by atoms with E-state index in [2.05, 4.69) is 19.6 Å². The van der Waals surface area contributed by atoms with E-state index in [9.17, 15) is 8.60 Å². The molecule has 3 fully saturated rings. The van der Waals surface area contributed by atoms with Crippen LogP contribution in [0.25, 0.3) is 10.9 Å². The molecule has 0 amide bonds. The highest BCUT2D eigenvalue weighted by molar-refractivity contribution is 7.93. The van der Waals surface area contributed by atoms with Gasteiger partial charge in [0, 0.05) is 23.0 Å². The Morgan fingerprint density at radius 1 is 1.17 bits per heavy atom. The van der Waals surface area contributed by atoms with Crippen molar-refractivity contribution in [3.63, 3.8) is 0 Å². The second-order valence-corrected chi connectivity index (χ2v) is 11.8. The van der Waals surface area contributed by atoms with Crippen molar-refractivity contribution in [2.24, 2.45) is 10.3 Å². The Morgan fingerprint density at radius 2 is 2.03 bits per heavy atom. The van der Waals surface area contributed by atoms with E-state index >= 15 is 0 Å². The highest BCUT2D eigenvalue weighted by Gasteiger charge is 2.43. The van der Waals surface area contributed by atoms with Crippen LogP contribution in [0.2, 0.25) is 0 Å². The summed E-state index contributed by atoms with van der Waals surface area (Å²) in [4.78, 5) is 8.89. The van der Waals surface area contributed by atoms with Gasteiger partial charge in [0.05, 0.1) is 45.8 Å². The van der Waals surface area contributed by atoms with Crippen LogP contribution < -0.4 is 10.1 Å². The van der Waals surface area contributed by atoms with Crippen molar-refractivity contribution in [1.29, 1.82) is 0 Å². The maximum atomic E-state index is 14.2. The molecular formula is C25H27FN4O4S. The van der Waals surface area contributed by atoms with Gasteiger partial charge in [0.15, 0.2) is 6.29 Å². The van der Waals surface area contributed by atoms with E-state index in [4.69, 9.17) is 14.2 Å². The van der Waals surface area contributed by atoms with Gasteiger partial charge >= 0.3 is 0 Å². The van der Waals surface area contributed by atoms with E-state index in [1.807, 2.05) is 19.1 Å². The van der Waals surface area contributed by atoms with Crippen molar-refractivity contribution in [3.8, 4) is 5.75 Å². The van der Waals surface area contributed by atoms with Gasteiger partial charge in [0.2, 0.25) is 0 Å². The summed E-state index contributed by atoms with van der Waals surface area (Å²) in [6, 6.07) is 8.16. The van der Waals surface area contributed by atoms with Gasteiger partial charge in [-0.1, -0.05) is 0 Å². The number of ether oxygens (including phenoxy) is 3. The Kier molecular flexibility index (Phi) is 5.82. The van der Waals surface area contributed by atoms with Gasteiger partial charge in [0.25, 0.3) is 0 Å². The third-order valence-electron chi connectivity index (χ3n) is 6.83. The Balaban J connectivity index is 1.33. The highest BCUT2D eigenvalue weighted by atomic mass is 32.2. The third-order valence-corrected chi connectivity index (χ3v) is 9.23. The molecule has 1 N–H and O–H groups in total. The van der Waals surface area contributed by atoms with Crippen LogP contribution in [-0.2, 0) is 19.2 Å². The van der Waals surface area contributed by atoms with Crippen molar-refractivity contribution in [2.45, 2.75) is 38.6 Å². The Bertz CT molecular complexity index is 1400. The van der Waals surface area contributed by atoms with Crippen LogP contribution in [0.3, 0.4) is 0 Å². The molecule has 3 atom stereocenters. The zero-order valence-corrected chi connectivity index (χ0v) is 20.2. The summed E-state index contributed by atoms with van der Waals surface area (Å²) in [5, 5.41) is 4.13. The number of aromatic nitrogens is 2. The third kappa shape index (κ3) is 4.46. The molecule has 2 unspecified atom stereocenters. The second kappa shape index (κ2) is 9.00. The highest BCUT2D eigenvalue weighted by Crippen LogP contribution is 2.38. The molecule has 2 aromatic carbocycles. The zero-order chi connectivity index (χ0) is 24.0. The van der Waals surface area contributed by atoms with Gasteiger partial charge in [-0.15, -0.1) is 0 Å². The molecule has 0 saturated carbocycles. The summed E-state index contributed by atoms with van der Waals surface area (Å²) in [7, 11) is -2.18. The molecule has 3 saturated heterocycles. The van der Waals surface area contributed by atoms with Crippen molar-refractivity contribution < 1.29 is 22.8 Å². The lowest BCUT2D eigenvalue weighted by atomic mass is 10.0. The predicted molar refractivity (Wildman–Crippen MR) is 131 cm³/mol. The first kappa shape index (κ1) is 22.6. The normalized spacial score (nSPS) is 25.0. The molecule has 184 valence electrons. The number of nitrogens with zero attached hydrogens (tertiary/aromatic N) is 3. The molecule has 3 aliphatic rings. The zero-order valence-electron chi connectivity index (χ0n) is 19.4. The van der Waals surface area contributed by atoms with E-state index in [-0.39, 0.29) is 24.1 Å². The fourth-order valence-electron chi connectivity index (χ4n) is 5.10. The van der Waals surface area contributed by atoms with E-state index in [1.165, 1.54) is 18.5 Å². The van der Waals surface area contributed by atoms with Crippen molar-refractivity contribution >= 4 is 37.8 Å². The van der Waals surface area contributed by atoms with Gasteiger partial charge in [-0.05, 0) is 56.0 Å². The number of halogens is 1. The van der Waals surface area contributed by atoms with Crippen molar-refractivity contribution in [2.75, 3.05) is 30.0 Å². The quantitative estimate of drug-likeness (QED) is 0.537. The van der Waals surface area contributed by atoms with Gasteiger partial charge in [-0.25, -0.2) is 18.6 Å². The number of rotatable bonds is 5. The summed E-state index contributed by atoms with van der Waals surface area (Å²) in [6.07, 6.45) is 3.76. The lowest BCUT2D eigenvalue weighted by molar-refractivity contribution is -0.0906. The first-order chi connectivity index (χ1) is 17.0. The number of anilines is 2. The number of hydrogen-bond acceptors (Lipinski definition) is 8. The molecular weight excluding hydrogens is 471 g/mol. The van der Waals surface area contributed by atoms with E-state index < -0.39 is 9.73 Å². The molecule has 3 aromatic rings. The fraction of sp³-hybridized carbons (Fsp3) is 0.440. The lowest BCUT2D eigenvalue weighted by Crippen LogP contribution is -2.26. The number of fused-ring (bicyclic) bond motifs is 2. The Labute approximate surface area is 203 Å². The number of benzene rings is 2. The molecule has 0 spiro atoms. The van der Waals surface area contributed by atoms with E-state index in [1.54, 1.807) is 6.07 Å². The molecule has 0 aliphatic carbocycles. The summed E-state index contributed by atoms with van der Waals surface area (Å²) < 4.78 is 49.1. The minimum Gasteiger partial charge on any atom is -0.485 e. The molecule has 3 aliphatic heterocycles. The molecule has 0 radical (unpaired) electrons. The van der Waals surface area contributed by atoms with Gasteiger partial charge in [-0.3, -0.25) is 0 Å². The average molecular weight is 499 g/mol. The van der Waals surface area contributed by atoms with Crippen LogP contribution >= 0.6 is 0 Å². The molecule has 8 nitrogen and oxygen atoms in total. The van der Waals surface area contributed by atoms with Gasteiger partial charge in [-0.2, -0.15) is 4.36 Å². The molecule has 4 heterocycles. The molecule has 35 heavy (non-hydrogen) atoms. The minimum absolute atomic E-state index is 0.127. The summed E-state index contributed by atoms with van der Waals surface area (Å²) in [5.74, 6) is 1.99. The SMILES string of the molecule is Cc1cc(N=S2(=O)CCCC2)cc2ncnc(Nc3ccc(F)cc3O[C@@H]3COC4OCCC43)c12. The lowest BCUT2D eigenvalue weighted by Gasteiger charge is -2.20. The number of nitrogens with one attached hydrogen (secondary N) is 1. The average Bonchev–Trinajstić information content (AvgIpc) is 3.54. The largest absolute Gasteiger partial charge is 0.485 e. The topological polar surface area (TPSA) is 94.9 Å². The van der Waals surface area contributed by atoms with E-state index in [0.717, 1.165) is 30.2 Å². The van der Waals surface area contributed by atoms with Crippen molar-refractivity contribution in [1.82, 2.24) is 9.97 Å². The fourth-order valence-corrected chi connectivity index (χ4v) is 7.28. The molecule has 6 rings (SSSR count). The van der Waals surface area contributed by atoms with Gasteiger partial charge < -0.3 is 19.5 Å². The predicted octanol–water partition coefficient (Wildman–Crippen LogP) is 4.85. The first-order valence-electron chi connectivity index (χ1n) is 11.9. The van der Waals surface area contributed by atoms with Crippen LogP contribution in [0.15, 0.2) is 41.0 Å². The van der Waals surface area contributed by atoms with E-state index in [0.29, 0.717) is 53.2 Å². The van der Waals surface area contributed by atoms with Gasteiger partial charge in [0.1, 0.15) is 29.8 Å². The van der Waals surface area contributed by atoms with Crippen LogP contribution in [0.1, 0.15) is 24.8 Å². The second-order valence-electron chi connectivity index (χ2n) is 9.31. The summed E-state index contributed by atoms with van der Waals surface area (Å²) in [5.41, 5.74) is 2.87. The first-order valence-corrected chi connectivity index (χ1v) is 13.8. The maximum Gasteiger partial charge on any atom is 0.164 e. The Morgan fingerprint density at radius 3 is 2.89 bits per heavy atom. The number of hydrogen-bond donors (Lipinski definition) is 1. The smallest absolute Gasteiger partial charge is 0.164 e.